The quantitative estimate of drug-likeness (QED) is 0.856. The first kappa shape index (κ1) is 14.4. The SMILES string of the molecule is CCC1CCCN(CCOc2ccccc2)C1CN. The summed E-state index contributed by atoms with van der Waals surface area (Å²) >= 11 is 0. The minimum Gasteiger partial charge on any atom is -0.492 e. The smallest absolute Gasteiger partial charge is 0.119 e. The van der Waals surface area contributed by atoms with Gasteiger partial charge in [-0.3, -0.25) is 4.90 Å². The molecule has 0 aromatic heterocycles. The van der Waals surface area contributed by atoms with E-state index in [-0.39, 0.29) is 0 Å². The number of para-hydroxylation sites is 1. The second-order valence-electron chi connectivity index (χ2n) is 5.31. The molecule has 0 spiro atoms. The van der Waals surface area contributed by atoms with Crippen LogP contribution in [0.1, 0.15) is 26.2 Å². The van der Waals surface area contributed by atoms with Gasteiger partial charge >= 0.3 is 0 Å². The van der Waals surface area contributed by atoms with E-state index in [1.165, 1.54) is 19.3 Å². The number of benzene rings is 1. The van der Waals surface area contributed by atoms with E-state index < -0.39 is 0 Å². The summed E-state index contributed by atoms with van der Waals surface area (Å²) in [4.78, 5) is 2.51. The predicted octanol–water partition coefficient (Wildman–Crippen LogP) is 2.51. The lowest BCUT2D eigenvalue weighted by Crippen LogP contribution is -2.50. The lowest BCUT2D eigenvalue weighted by Gasteiger charge is -2.40. The van der Waals surface area contributed by atoms with Crippen molar-refractivity contribution < 1.29 is 4.74 Å². The Labute approximate surface area is 116 Å². The third-order valence-electron chi connectivity index (χ3n) is 4.19. The number of hydrogen-bond acceptors (Lipinski definition) is 3. The van der Waals surface area contributed by atoms with Crippen LogP contribution in [0.2, 0.25) is 0 Å². The molecule has 2 atom stereocenters. The maximum atomic E-state index is 5.96. The highest BCUT2D eigenvalue weighted by Gasteiger charge is 2.28. The van der Waals surface area contributed by atoms with Crippen molar-refractivity contribution in [2.45, 2.75) is 32.2 Å². The largest absolute Gasteiger partial charge is 0.492 e. The second kappa shape index (κ2) is 7.51. The van der Waals surface area contributed by atoms with Crippen molar-refractivity contribution in [3.05, 3.63) is 30.3 Å². The molecule has 0 amide bonds. The molecule has 106 valence electrons. The summed E-state index contributed by atoms with van der Waals surface area (Å²) in [7, 11) is 0. The standard InChI is InChI=1S/C16H26N2O/c1-2-14-7-6-10-18(16(14)13-17)11-12-19-15-8-4-3-5-9-15/h3-5,8-9,14,16H,2,6-7,10-13,17H2,1H3. The minimum atomic E-state index is 0.540. The van der Waals surface area contributed by atoms with Gasteiger partial charge in [0.2, 0.25) is 0 Å². The molecule has 1 aromatic rings. The van der Waals surface area contributed by atoms with Crippen molar-refractivity contribution >= 4 is 0 Å². The molecule has 2 rings (SSSR count). The van der Waals surface area contributed by atoms with Crippen molar-refractivity contribution in [2.75, 3.05) is 26.2 Å². The van der Waals surface area contributed by atoms with Crippen LogP contribution in [0.4, 0.5) is 0 Å². The molecule has 0 bridgehead atoms. The summed E-state index contributed by atoms with van der Waals surface area (Å²) in [5.74, 6) is 1.71. The van der Waals surface area contributed by atoms with E-state index in [2.05, 4.69) is 11.8 Å². The van der Waals surface area contributed by atoms with Gasteiger partial charge in [-0.25, -0.2) is 0 Å². The highest BCUT2D eigenvalue weighted by atomic mass is 16.5. The molecule has 3 nitrogen and oxygen atoms in total. The van der Waals surface area contributed by atoms with Crippen LogP contribution >= 0.6 is 0 Å². The molecule has 1 saturated heterocycles. The molecule has 0 radical (unpaired) electrons. The van der Waals surface area contributed by atoms with E-state index in [0.29, 0.717) is 6.04 Å². The number of hydrogen-bond donors (Lipinski definition) is 1. The van der Waals surface area contributed by atoms with Gasteiger partial charge in [0.15, 0.2) is 0 Å². The van der Waals surface area contributed by atoms with Gasteiger partial charge < -0.3 is 10.5 Å². The van der Waals surface area contributed by atoms with E-state index >= 15 is 0 Å². The molecular formula is C16H26N2O. The fourth-order valence-electron chi connectivity index (χ4n) is 3.11. The maximum absolute atomic E-state index is 5.96. The Morgan fingerprint density at radius 3 is 2.79 bits per heavy atom. The zero-order valence-corrected chi connectivity index (χ0v) is 11.9. The summed E-state index contributed by atoms with van der Waals surface area (Å²) in [6, 6.07) is 10.6. The van der Waals surface area contributed by atoms with Crippen molar-refractivity contribution in [3.8, 4) is 5.75 Å². The van der Waals surface area contributed by atoms with E-state index in [1.807, 2.05) is 30.3 Å². The average molecular weight is 262 g/mol. The number of nitrogens with zero attached hydrogens (tertiary/aromatic N) is 1. The van der Waals surface area contributed by atoms with Gasteiger partial charge in [-0.05, 0) is 37.4 Å². The molecular weight excluding hydrogens is 236 g/mol. The Morgan fingerprint density at radius 1 is 1.32 bits per heavy atom. The van der Waals surface area contributed by atoms with Crippen LogP contribution in [0, 0.1) is 5.92 Å². The van der Waals surface area contributed by atoms with Crippen LogP contribution in [0.15, 0.2) is 30.3 Å². The van der Waals surface area contributed by atoms with Crippen molar-refractivity contribution in [1.29, 1.82) is 0 Å². The van der Waals surface area contributed by atoms with Crippen LogP contribution in [0.5, 0.6) is 5.75 Å². The number of piperidine rings is 1. The molecule has 0 aliphatic carbocycles. The van der Waals surface area contributed by atoms with E-state index in [0.717, 1.165) is 37.9 Å². The predicted molar refractivity (Wildman–Crippen MR) is 79.4 cm³/mol. The Balaban J connectivity index is 1.81. The first-order valence-corrected chi connectivity index (χ1v) is 7.47. The zero-order valence-electron chi connectivity index (χ0n) is 11.9. The second-order valence-corrected chi connectivity index (χ2v) is 5.31. The maximum Gasteiger partial charge on any atom is 0.119 e. The van der Waals surface area contributed by atoms with E-state index in [1.54, 1.807) is 0 Å². The third-order valence-corrected chi connectivity index (χ3v) is 4.19. The van der Waals surface area contributed by atoms with Crippen LogP contribution in [-0.2, 0) is 0 Å². The fourth-order valence-corrected chi connectivity index (χ4v) is 3.11. The van der Waals surface area contributed by atoms with Gasteiger partial charge in [-0.1, -0.05) is 31.5 Å². The van der Waals surface area contributed by atoms with Gasteiger partial charge in [-0.15, -0.1) is 0 Å². The van der Waals surface area contributed by atoms with Gasteiger partial charge in [0, 0.05) is 19.1 Å². The Kier molecular flexibility index (Phi) is 5.67. The van der Waals surface area contributed by atoms with E-state index in [4.69, 9.17) is 10.5 Å². The first-order valence-electron chi connectivity index (χ1n) is 7.47. The first-order chi connectivity index (χ1) is 9.35. The summed E-state index contributed by atoms with van der Waals surface area (Å²) < 4.78 is 5.79. The monoisotopic (exact) mass is 262 g/mol. The Bertz CT molecular complexity index is 355. The highest BCUT2D eigenvalue weighted by Crippen LogP contribution is 2.25. The number of likely N-dealkylation sites (tertiary alicyclic amines) is 1. The third kappa shape index (κ3) is 3.95. The lowest BCUT2D eigenvalue weighted by molar-refractivity contribution is 0.0802. The van der Waals surface area contributed by atoms with Gasteiger partial charge in [0.25, 0.3) is 0 Å². The summed E-state index contributed by atoms with van der Waals surface area (Å²) in [6.45, 7) is 5.93. The van der Waals surface area contributed by atoms with Crippen LogP contribution in [0.3, 0.4) is 0 Å². The lowest BCUT2D eigenvalue weighted by atomic mass is 9.87. The molecule has 1 aromatic carbocycles. The van der Waals surface area contributed by atoms with Gasteiger partial charge in [0.05, 0.1) is 0 Å². The highest BCUT2D eigenvalue weighted by molar-refractivity contribution is 5.20. The fraction of sp³-hybridized carbons (Fsp3) is 0.625. The molecule has 19 heavy (non-hydrogen) atoms. The Morgan fingerprint density at radius 2 is 2.11 bits per heavy atom. The van der Waals surface area contributed by atoms with Crippen molar-refractivity contribution in [3.63, 3.8) is 0 Å². The average Bonchev–Trinajstić information content (AvgIpc) is 2.48. The van der Waals surface area contributed by atoms with Crippen LogP contribution in [0.25, 0.3) is 0 Å². The molecule has 1 aliphatic rings. The molecule has 2 N–H and O–H groups in total. The molecule has 3 heteroatoms. The number of ether oxygens (including phenoxy) is 1. The van der Waals surface area contributed by atoms with Gasteiger partial charge in [-0.2, -0.15) is 0 Å². The van der Waals surface area contributed by atoms with Gasteiger partial charge in [0.1, 0.15) is 12.4 Å². The van der Waals surface area contributed by atoms with Crippen molar-refractivity contribution in [2.24, 2.45) is 11.7 Å². The van der Waals surface area contributed by atoms with E-state index in [9.17, 15) is 0 Å². The molecule has 1 heterocycles. The molecule has 2 unspecified atom stereocenters. The van der Waals surface area contributed by atoms with Crippen LogP contribution in [-0.4, -0.2) is 37.2 Å². The summed E-state index contributed by atoms with van der Waals surface area (Å²) in [5, 5.41) is 0. The summed E-state index contributed by atoms with van der Waals surface area (Å²) in [6.07, 6.45) is 3.85. The van der Waals surface area contributed by atoms with Crippen LogP contribution < -0.4 is 10.5 Å². The topological polar surface area (TPSA) is 38.5 Å². The normalized spacial score (nSPS) is 24.3. The number of rotatable bonds is 6. The summed E-state index contributed by atoms with van der Waals surface area (Å²) in [5.41, 5.74) is 5.96. The van der Waals surface area contributed by atoms with Crippen molar-refractivity contribution in [1.82, 2.24) is 4.90 Å². The number of nitrogens with two attached hydrogens (primary N) is 1. The minimum absolute atomic E-state index is 0.540. The molecule has 0 saturated carbocycles. The molecule has 1 aliphatic heterocycles. The molecule has 1 fully saturated rings. The zero-order chi connectivity index (χ0) is 13.5. The Hall–Kier alpha value is -1.06.